The van der Waals surface area contributed by atoms with Gasteiger partial charge in [0.2, 0.25) is 12.6 Å². The average molecular weight is 711 g/mol. The van der Waals surface area contributed by atoms with Crippen LogP contribution in [0.1, 0.15) is 96.8 Å². The number of nitrogens with one attached hydrogen (secondary N) is 2. The number of carbonyl (C=O) groups excluding carboxylic acids is 5. The van der Waals surface area contributed by atoms with E-state index < -0.39 is 81.8 Å². The molecule has 0 aliphatic carbocycles. The number of hydrogen-bond donors (Lipinski definition) is 6. The molecule has 2 unspecified atom stereocenters. The van der Waals surface area contributed by atoms with Gasteiger partial charge in [-0.05, 0) is 81.6 Å². The molecule has 3 rings (SSSR count). The summed E-state index contributed by atoms with van der Waals surface area (Å²) in [5.41, 5.74) is -2.59. The van der Waals surface area contributed by atoms with E-state index in [9.17, 15) is 44.4 Å². The summed E-state index contributed by atoms with van der Waals surface area (Å²) in [6.07, 6.45) is -2.23. The zero-order valence-corrected chi connectivity index (χ0v) is 29.4. The second-order valence-corrected chi connectivity index (χ2v) is 13.7. The van der Waals surface area contributed by atoms with E-state index in [1.807, 2.05) is 20.8 Å². The van der Waals surface area contributed by atoms with E-state index in [0.717, 1.165) is 36.4 Å². The number of amides is 2. The fourth-order valence-corrected chi connectivity index (χ4v) is 4.07. The number of phenols is 4. The monoisotopic (exact) mass is 710 g/mol. The molecule has 0 aromatic heterocycles. The number of esters is 3. The van der Waals surface area contributed by atoms with E-state index in [4.69, 9.17) is 18.9 Å². The van der Waals surface area contributed by atoms with Gasteiger partial charge in [0.15, 0.2) is 0 Å². The fraction of sp³-hybridized carbons (Fsp3) is 0.361. The molecule has 2 atom stereocenters. The Bertz CT molecular complexity index is 1820. The van der Waals surface area contributed by atoms with E-state index in [1.54, 1.807) is 20.8 Å². The summed E-state index contributed by atoms with van der Waals surface area (Å²) in [4.78, 5) is 63.5. The Labute approximate surface area is 294 Å². The van der Waals surface area contributed by atoms with Crippen LogP contribution in [0.25, 0.3) is 0 Å². The molecule has 3 aromatic carbocycles. The second-order valence-electron chi connectivity index (χ2n) is 13.7. The summed E-state index contributed by atoms with van der Waals surface area (Å²) in [5.74, 6) is -6.85. The molecule has 0 bridgehead atoms. The molecule has 3 aromatic rings. The lowest BCUT2D eigenvalue weighted by Gasteiger charge is -2.22. The van der Waals surface area contributed by atoms with Crippen LogP contribution in [0, 0.1) is 10.8 Å². The fourth-order valence-electron chi connectivity index (χ4n) is 4.07. The molecule has 0 fully saturated rings. The minimum Gasteiger partial charge on any atom is -0.507 e. The standard InChI is InChI=1S/C36H42N2O13/c1-18(48-17-35(3,4)5)49-32(45)24-13-20(9-11-26(24)39)37-30(43)22-15-29(42)23(16-28(22)41)31(44)38-21-10-12-27(40)25(14-21)33(46)50-19(2)51-34(47)36(6,7)8/h9-16,18-19,39-42H,17H2,1-8H3,(H,37,43)(H,38,44). The van der Waals surface area contributed by atoms with Crippen LogP contribution < -0.4 is 10.6 Å². The third-order valence-electron chi connectivity index (χ3n) is 6.73. The number of rotatable bonds is 11. The lowest BCUT2D eigenvalue weighted by Crippen LogP contribution is -2.29. The molecule has 0 saturated carbocycles. The maximum absolute atomic E-state index is 13.0. The first-order chi connectivity index (χ1) is 23.5. The Hall–Kier alpha value is -5.83. The van der Waals surface area contributed by atoms with Crippen LogP contribution in [0.5, 0.6) is 23.0 Å². The predicted octanol–water partition coefficient (Wildman–Crippen LogP) is 5.67. The van der Waals surface area contributed by atoms with Crippen molar-refractivity contribution in [1.82, 2.24) is 0 Å². The summed E-state index contributed by atoms with van der Waals surface area (Å²) >= 11 is 0. The van der Waals surface area contributed by atoms with E-state index >= 15 is 0 Å². The number of carbonyl (C=O) groups is 5. The predicted molar refractivity (Wildman–Crippen MR) is 183 cm³/mol. The molecule has 0 aliphatic rings. The zero-order chi connectivity index (χ0) is 38.4. The first-order valence-corrected chi connectivity index (χ1v) is 15.6. The molecule has 15 nitrogen and oxygen atoms in total. The van der Waals surface area contributed by atoms with Crippen molar-refractivity contribution in [3.05, 3.63) is 70.8 Å². The van der Waals surface area contributed by atoms with Crippen molar-refractivity contribution in [3.8, 4) is 23.0 Å². The van der Waals surface area contributed by atoms with Gasteiger partial charge in [0.25, 0.3) is 11.8 Å². The zero-order valence-electron chi connectivity index (χ0n) is 29.4. The van der Waals surface area contributed by atoms with Crippen molar-refractivity contribution < 1.29 is 63.3 Å². The van der Waals surface area contributed by atoms with Gasteiger partial charge in [0.05, 0.1) is 23.1 Å². The minimum atomic E-state index is -1.29. The van der Waals surface area contributed by atoms with Gasteiger partial charge >= 0.3 is 17.9 Å². The highest BCUT2D eigenvalue weighted by Crippen LogP contribution is 2.31. The normalized spacial score (nSPS) is 12.6. The molecular formula is C36H42N2O13. The van der Waals surface area contributed by atoms with Crippen molar-refractivity contribution in [2.24, 2.45) is 10.8 Å². The maximum atomic E-state index is 13.0. The van der Waals surface area contributed by atoms with E-state index in [0.29, 0.717) is 6.61 Å². The smallest absolute Gasteiger partial charge is 0.345 e. The van der Waals surface area contributed by atoms with Gasteiger partial charge in [-0.3, -0.25) is 14.4 Å². The van der Waals surface area contributed by atoms with Crippen LogP contribution >= 0.6 is 0 Å². The number of benzene rings is 3. The van der Waals surface area contributed by atoms with Gasteiger partial charge in [-0.15, -0.1) is 0 Å². The van der Waals surface area contributed by atoms with Gasteiger partial charge in [0.1, 0.15) is 34.1 Å². The first-order valence-electron chi connectivity index (χ1n) is 15.6. The van der Waals surface area contributed by atoms with E-state index in [1.165, 1.54) is 26.0 Å². The van der Waals surface area contributed by atoms with Crippen molar-refractivity contribution in [2.45, 2.75) is 68.0 Å². The Kier molecular flexibility index (Phi) is 12.3. The SMILES string of the molecule is CC(OCC(C)(C)C)OC(=O)c1cc(NC(=O)c2cc(O)c(C(=O)Nc3ccc(O)c(C(=O)OC(C)OC(=O)C(C)(C)C)c3)cc2O)ccc1O. The molecule has 0 heterocycles. The largest absolute Gasteiger partial charge is 0.507 e. The number of ether oxygens (including phenoxy) is 4. The van der Waals surface area contributed by atoms with Gasteiger partial charge in [0, 0.05) is 18.3 Å². The molecule has 0 spiro atoms. The topological polar surface area (TPSA) is 227 Å². The van der Waals surface area contributed by atoms with Crippen LogP contribution in [0.3, 0.4) is 0 Å². The lowest BCUT2D eigenvalue weighted by atomic mass is 9.97. The Morgan fingerprint density at radius 3 is 1.39 bits per heavy atom. The van der Waals surface area contributed by atoms with Crippen LogP contribution in [0.15, 0.2) is 48.5 Å². The molecule has 0 saturated heterocycles. The Morgan fingerprint density at radius 1 is 0.588 bits per heavy atom. The van der Waals surface area contributed by atoms with Gasteiger partial charge in [-0.25, -0.2) is 9.59 Å². The minimum absolute atomic E-state index is 0.0251. The molecule has 6 N–H and O–H groups in total. The Morgan fingerprint density at radius 2 is 1.00 bits per heavy atom. The van der Waals surface area contributed by atoms with Gasteiger partial charge in [-0.2, -0.15) is 0 Å². The number of aromatic hydroxyl groups is 4. The summed E-state index contributed by atoms with van der Waals surface area (Å²) in [5, 5.41) is 46.5. The molecule has 274 valence electrons. The molecule has 2 amide bonds. The summed E-state index contributed by atoms with van der Waals surface area (Å²) in [6.45, 7) is 13.8. The highest BCUT2D eigenvalue weighted by Gasteiger charge is 2.27. The average Bonchev–Trinajstić information content (AvgIpc) is 3.01. The van der Waals surface area contributed by atoms with Crippen molar-refractivity contribution >= 4 is 41.1 Å². The maximum Gasteiger partial charge on any atom is 0.345 e. The quantitative estimate of drug-likeness (QED) is 0.0802. The molecule has 51 heavy (non-hydrogen) atoms. The second kappa shape index (κ2) is 15.8. The van der Waals surface area contributed by atoms with Crippen molar-refractivity contribution in [3.63, 3.8) is 0 Å². The van der Waals surface area contributed by atoms with Gasteiger partial charge < -0.3 is 50.0 Å². The van der Waals surface area contributed by atoms with Crippen molar-refractivity contribution in [1.29, 1.82) is 0 Å². The molecule has 0 aliphatic heterocycles. The highest BCUT2D eigenvalue weighted by atomic mass is 16.7. The highest BCUT2D eigenvalue weighted by molar-refractivity contribution is 6.11. The van der Waals surface area contributed by atoms with Gasteiger partial charge in [-0.1, -0.05) is 20.8 Å². The lowest BCUT2D eigenvalue weighted by molar-refractivity contribution is -0.174. The summed E-state index contributed by atoms with van der Waals surface area (Å²) in [6, 6.07) is 8.66. The summed E-state index contributed by atoms with van der Waals surface area (Å²) in [7, 11) is 0. The summed E-state index contributed by atoms with van der Waals surface area (Å²) < 4.78 is 20.9. The van der Waals surface area contributed by atoms with Crippen LogP contribution in [-0.2, 0) is 23.7 Å². The molecule has 0 radical (unpaired) electrons. The molecular weight excluding hydrogens is 668 g/mol. The van der Waals surface area contributed by atoms with E-state index in [-0.39, 0.29) is 27.9 Å². The number of phenolic OH excluding ortho intramolecular Hbond substituents is 4. The van der Waals surface area contributed by atoms with Crippen LogP contribution in [0.2, 0.25) is 0 Å². The number of hydrogen-bond acceptors (Lipinski definition) is 13. The number of anilines is 2. The van der Waals surface area contributed by atoms with E-state index in [2.05, 4.69) is 10.6 Å². The third-order valence-corrected chi connectivity index (χ3v) is 6.73. The molecule has 15 heteroatoms. The van der Waals surface area contributed by atoms with Crippen molar-refractivity contribution in [2.75, 3.05) is 17.2 Å². The van der Waals surface area contributed by atoms with Crippen LogP contribution in [0.4, 0.5) is 11.4 Å². The third kappa shape index (κ3) is 11.1. The van der Waals surface area contributed by atoms with Crippen LogP contribution in [-0.4, -0.2) is 69.3 Å². The Balaban J connectivity index is 1.72. The first kappa shape index (κ1) is 39.6.